The number of hydrogen-bond donors (Lipinski definition) is 2. The van der Waals surface area contributed by atoms with E-state index in [2.05, 4.69) is 98.0 Å². The minimum atomic E-state index is -0.251. The van der Waals surface area contributed by atoms with Crippen LogP contribution in [-0.4, -0.2) is 116 Å². The molecule has 7 heterocycles. The maximum absolute atomic E-state index is 13.7. The highest BCUT2D eigenvalue weighted by Gasteiger charge is 2.35. The molecule has 3 aromatic heterocycles. The molecular weight excluding hydrogens is 1340 g/mol. The first-order valence-electron chi connectivity index (χ1n) is 37.5. The van der Waals surface area contributed by atoms with Gasteiger partial charge in [-0.25, -0.2) is 8.78 Å². The van der Waals surface area contributed by atoms with Crippen LogP contribution in [0, 0.1) is 36.3 Å². The standard InChI is InChI=1S/C31H34FN3O.C30H28ClN3O2.C29H30FN3O/c1-23-6-8-24(9-7-23)14-17-33-21-25-15-18-34(19-16-25)31(36)30-20-27-4-2-3-5-29(27)35(30)22-26-10-12-28(32)13-11-26;31-26-11-9-21(10-12-26)18-34-27-8-4-3-5-23(27)17-28(34)30(36)32-15-13-22(14-16-32)29(35)33-19-24-6-1-2-7-25(24)20-33;30-26-12-10-24(11-13-26)21-33-27-9-5-4-8-25(27)18-28(33)29(34)32-16-14-23(15-17-32)20-31-19-22-6-2-1-3-7-22/h2-13,20,25,33H,14-19,21-22H2,1H3;1-12,17,22H,13-16,18-20H2;1-13,18,23,31H,14-17,19-21H2. The first kappa shape index (κ1) is 72.5. The van der Waals surface area contributed by atoms with Crippen molar-refractivity contribution in [3.05, 3.63) is 321 Å². The van der Waals surface area contributed by atoms with E-state index in [0.717, 1.165) is 134 Å². The summed E-state index contributed by atoms with van der Waals surface area (Å²) in [5.41, 5.74) is 14.7. The number of likely N-dealkylation sites (tertiary alicyclic amines) is 3. The number of nitrogens with zero attached hydrogens (tertiary/aromatic N) is 7. The molecule has 16 rings (SSSR count). The molecule has 4 aliphatic rings. The third kappa shape index (κ3) is 17.7. The van der Waals surface area contributed by atoms with Crippen LogP contribution in [0.25, 0.3) is 32.7 Å². The maximum Gasteiger partial charge on any atom is 0.270 e. The quantitative estimate of drug-likeness (QED) is 0.0778. The van der Waals surface area contributed by atoms with E-state index in [1.165, 1.54) is 52.1 Å². The Morgan fingerprint density at radius 3 is 1.20 bits per heavy atom. The molecule has 0 aliphatic carbocycles. The van der Waals surface area contributed by atoms with Gasteiger partial charge in [0, 0.05) is 122 Å². The lowest BCUT2D eigenvalue weighted by molar-refractivity contribution is -0.137. The third-order valence-corrected chi connectivity index (χ3v) is 21.9. The van der Waals surface area contributed by atoms with Gasteiger partial charge in [-0.2, -0.15) is 0 Å². The van der Waals surface area contributed by atoms with Gasteiger partial charge in [0.15, 0.2) is 0 Å². The van der Waals surface area contributed by atoms with E-state index in [-0.39, 0.29) is 41.2 Å². The molecule has 3 fully saturated rings. The Morgan fingerprint density at radius 2 is 0.764 bits per heavy atom. The Balaban J connectivity index is 0.000000134. The molecule has 0 radical (unpaired) electrons. The van der Waals surface area contributed by atoms with Crippen molar-refractivity contribution in [3.8, 4) is 0 Å². The fourth-order valence-corrected chi connectivity index (χ4v) is 15.7. The Hall–Kier alpha value is -10.5. The van der Waals surface area contributed by atoms with Crippen molar-refractivity contribution in [2.45, 2.75) is 91.1 Å². The number of hydrogen-bond acceptors (Lipinski definition) is 6. The maximum atomic E-state index is 13.7. The third-order valence-electron chi connectivity index (χ3n) is 21.7. The fraction of sp³-hybridized carbons (Fsp3) is 0.289. The lowest BCUT2D eigenvalue weighted by Crippen LogP contribution is -2.43. The zero-order valence-electron chi connectivity index (χ0n) is 60.3. The lowest BCUT2D eigenvalue weighted by atomic mass is 9.95. The second-order valence-electron chi connectivity index (χ2n) is 29.0. The molecule has 2 N–H and O–H groups in total. The van der Waals surface area contributed by atoms with E-state index in [0.29, 0.717) is 92.6 Å². The largest absolute Gasteiger partial charge is 0.337 e. The van der Waals surface area contributed by atoms with Gasteiger partial charge in [0.1, 0.15) is 28.7 Å². The molecule has 4 aliphatic heterocycles. The van der Waals surface area contributed by atoms with Crippen molar-refractivity contribution in [1.29, 1.82) is 0 Å². The zero-order valence-corrected chi connectivity index (χ0v) is 61.0. The van der Waals surface area contributed by atoms with E-state index in [4.69, 9.17) is 11.6 Å². The average molecular weight is 1440 g/mol. The second-order valence-corrected chi connectivity index (χ2v) is 29.4. The van der Waals surface area contributed by atoms with Crippen molar-refractivity contribution in [2.24, 2.45) is 17.8 Å². The predicted octanol–water partition coefficient (Wildman–Crippen LogP) is 17.0. The van der Waals surface area contributed by atoms with Gasteiger partial charge in [-0.15, -0.1) is 0 Å². The van der Waals surface area contributed by atoms with Gasteiger partial charge in [-0.1, -0.05) is 187 Å². The van der Waals surface area contributed by atoms with Crippen LogP contribution in [-0.2, 0) is 50.5 Å². The number of benzene rings is 9. The highest BCUT2D eigenvalue weighted by atomic mass is 35.5. The van der Waals surface area contributed by atoms with E-state index in [9.17, 15) is 28.0 Å². The van der Waals surface area contributed by atoms with Gasteiger partial charge in [-0.05, 0) is 195 Å². The number of carbonyl (C=O) groups is 4. The number of rotatable bonds is 19. The summed E-state index contributed by atoms with van der Waals surface area (Å²) in [5, 5.41) is 11.0. The number of halogens is 3. The van der Waals surface area contributed by atoms with E-state index < -0.39 is 0 Å². The van der Waals surface area contributed by atoms with Crippen molar-refractivity contribution in [1.82, 2.24) is 43.9 Å². The van der Waals surface area contributed by atoms with Gasteiger partial charge >= 0.3 is 0 Å². The van der Waals surface area contributed by atoms with Crippen LogP contribution in [0.5, 0.6) is 0 Å². The molecule has 0 unspecified atom stereocenters. The van der Waals surface area contributed by atoms with Gasteiger partial charge < -0.3 is 43.9 Å². The van der Waals surface area contributed by atoms with Crippen LogP contribution >= 0.6 is 11.6 Å². The lowest BCUT2D eigenvalue weighted by Gasteiger charge is -2.33. The number of fused-ring (bicyclic) bond motifs is 4. The number of aryl methyl sites for hydroxylation is 1. The predicted molar refractivity (Wildman–Crippen MR) is 420 cm³/mol. The van der Waals surface area contributed by atoms with Crippen LogP contribution in [0.1, 0.15) is 114 Å². The van der Waals surface area contributed by atoms with Gasteiger partial charge in [0.05, 0.1) is 0 Å². The SMILES string of the molecule is Cc1ccc(CCNCC2CCN(C(=O)c3cc4ccccc4n3Cc3ccc(F)cc3)CC2)cc1.O=C(c1cc2ccccc2n1Cc1ccc(Cl)cc1)N1CCC(C(=O)N2Cc3ccccc3C2)CC1.O=C(c1cc2ccccc2n1Cc1ccc(F)cc1)N1CCC(CNCc2ccccc2)CC1. The number of nitrogens with one attached hydrogen (secondary N) is 2. The van der Waals surface area contributed by atoms with E-state index in [1.807, 2.05) is 147 Å². The Labute approximate surface area is 625 Å². The molecule has 0 saturated carbocycles. The fourth-order valence-electron chi connectivity index (χ4n) is 15.5. The molecule has 3 saturated heterocycles. The summed E-state index contributed by atoms with van der Waals surface area (Å²) in [6.45, 7) is 13.3. The molecule has 542 valence electrons. The molecule has 13 nitrogen and oxygen atoms in total. The van der Waals surface area contributed by atoms with Crippen LogP contribution in [0.3, 0.4) is 0 Å². The highest BCUT2D eigenvalue weighted by molar-refractivity contribution is 6.30. The van der Waals surface area contributed by atoms with Crippen molar-refractivity contribution in [2.75, 3.05) is 58.9 Å². The summed E-state index contributed by atoms with van der Waals surface area (Å²) >= 11 is 6.08. The Kier molecular flexibility index (Phi) is 23.4. The van der Waals surface area contributed by atoms with Crippen molar-refractivity contribution in [3.63, 3.8) is 0 Å². The molecule has 0 atom stereocenters. The smallest absolute Gasteiger partial charge is 0.270 e. The molecule has 16 heteroatoms. The first-order valence-corrected chi connectivity index (χ1v) is 37.9. The Bertz CT molecular complexity index is 4950. The number of para-hydroxylation sites is 3. The molecule has 12 aromatic rings. The monoisotopic (exact) mass is 1440 g/mol. The average Bonchev–Trinajstić information content (AvgIpc) is 1.64. The summed E-state index contributed by atoms with van der Waals surface area (Å²) in [5.74, 6) is 1.06. The minimum absolute atomic E-state index is 0.0247. The number of carbonyl (C=O) groups excluding carboxylic acids is 4. The zero-order chi connectivity index (χ0) is 72.9. The van der Waals surface area contributed by atoms with Gasteiger partial charge in [0.2, 0.25) is 5.91 Å². The van der Waals surface area contributed by atoms with E-state index >= 15 is 0 Å². The molecule has 0 spiro atoms. The second kappa shape index (κ2) is 34.2. The summed E-state index contributed by atoms with van der Waals surface area (Å²) in [7, 11) is 0. The van der Waals surface area contributed by atoms with Crippen molar-refractivity contribution < 1.29 is 28.0 Å². The molecule has 4 amide bonds. The summed E-state index contributed by atoms with van der Waals surface area (Å²) in [6, 6.07) is 78.5. The summed E-state index contributed by atoms with van der Waals surface area (Å²) in [4.78, 5) is 62.0. The minimum Gasteiger partial charge on any atom is -0.337 e. The van der Waals surface area contributed by atoms with Crippen LogP contribution < -0.4 is 10.6 Å². The normalized spacial score (nSPS) is 15.0. The van der Waals surface area contributed by atoms with E-state index in [1.54, 1.807) is 24.3 Å². The van der Waals surface area contributed by atoms with Gasteiger partial charge in [-0.3, -0.25) is 19.2 Å². The molecule has 0 bridgehead atoms. The highest BCUT2D eigenvalue weighted by Crippen LogP contribution is 2.32. The first-order chi connectivity index (χ1) is 51.8. The molecule has 106 heavy (non-hydrogen) atoms. The summed E-state index contributed by atoms with van der Waals surface area (Å²) in [6.07, 6.45) is 6.49. The molecule has 9 aromatic carbocycles. The number of amides is 4. The van der Waals surface area contributed by atoms with Crippen molar-refractivity contribution >= 4 is 67.9 Å². The number of aromatic nitrogens is 3. The summed E-state index contributed by atoms with van der Waals surface area (Å²) < 4.78 is 33.0. The topological polar surface area (TPSA) is 120 Å². The Morgan fingerprint density at radius 1 is 0.396 bits per heavy atom. The van der Waals surface area contributed by atoms with Crippen LogP contribution in [0.2, 0.25) is 5.02 Å². The van der Waals surface area contributed by atoms with Gasteiger partial charge in [0.25, 0.3) is 17.7 Å². The number of piperidine rings is 3. The van der Waals surface area contributed by atoms with Crippen LogP contribution in [0.15, 0.2) is 243 Å². The van der Waals surface area contributed by atoms with Crippen LogP contribution in [0.4, 0.5) is 8.78 Å². The molecular formula is C90H92ClF2N9O4.